The summed E-state index contributed by atoms with van der Waals surface area (Å²) in [6.07, 6.45) is -0.250. The molecule has 140 valence electrons. The Morgan fingerprint density at radius 1 is 1.12 bits per heavy atom. The van der Waals surface area contributed by atoms with Crippen LogP contribution in [0.3, 0.4) is 0 Å². The van der Waals surface area contributed by atoms with Gasteiger partial charge in [0.25, 0.3) is 0 Å². The largest absolute Gasteiger partial charge is 0.444 e. The third kappa shape index (κ3) is 4.30. The van der Waals surface area contributed by atoms with E-state index in [-0.39, 0.29) is 6.09 Å². The van der Waals surface area contributed by atoms with E-state index in [9.17, 15) is 4.79 Å². The highest BCUT2D eigenvalue weighted by molar-refractivity contribution is 6.30. The summed E-state index contributed by atoms with van der Waals surface area (Å²) >= 11 is 5.96. The SMILES string of the molecule is Cc1cc(N2CCN(C(=O)OC(C)(C)C)CC2)nn1-c1ccc(Cl)cc1. The first kappa shape index (κ1) is 18.6. The van der Waals surface area contributed by atoms with E-state index in [1.165, 1.54) is 0 Å². The number of piperazine rings is 1. The van der Waals surface area contributed by atoms with Crippen LogP contribution in [0.4, 0.5) is 10.6 Å². The summed E-state index contributed by atoms with van der Waals surface area (Å²) in [5.41, 5.74) is 1.56. The van der Waals surface area contributed by atoms with Crippen molar-refractivity contribution in [1.29, 1.82) is 0 Å². The van der Waals surface area contributed by atoms with Crippen molar-refractivity contribution in [3.8, 4) is 5.69 Å². The van der Waals surface area contributed by atoms with Gasteiger partial charge in [0.05, 0.1) is 5.69 Å². The van der Waals surface area contributed by atoms with Gasteiger partial charge in [-0.15, -0.1) is 0 Å². The minimum Gasteiger partial charge on any atom is -0.444 e. The average molecular weight is 377 g/mol. The number of ether oxygens (including phenoxy) is 1. The van der Waals surface area contributed by atoms with Gasteiger partial charge >= 0.3 is 6.09 Å². The summed E-state index contributed by atoms with van der Waals surface area (Å²) in [7, 11) is 0. The van der Waals surface area contributed by atoms with E-state index in [1.807, 2.05) is 56.6 Å². The zero-order valence-electron chi connectivity index (χ0n) is 15.7. The molecule has 1 aromatic carbocycles. The molecule has 0 unspecified atom stereocenters. The summed E-state index contributed by atoms with van der Waals surface area (Å²) in [5.74, 6) is 0.918. The number of hydrogen-bond donors (Lipinski definition) is 0. The number of carbonyl (C=O) groups excluding carboxylic acids is 1. The third-order valence-corrected chi connectivity index (χ3v) is 4.45. The predicted molar refractivity (Wildman–Crippen MR) is 103 cm³/mol. The van der Waals surface area contributed by atoms with Crippen molar-refractivity contribution in [3.63, 3.8) is 0 Å². The lowest BCUT2D eigenvalue weighted by atomic mass is 10.2. The van der Waals surface area contributed by atoms with Crippen LogP contribution in [0.5, 0.6) is 0 Å². The number of amides is 1. The molecule has 3 rings (SSSR count). The number of nitrogens with zero attached hydrogens (tertiary/aromatic N) is 4. The summed E-state index contributed by atoms with van der Waals surface area (Å²) < 4.78 is 7.36. The van der Waals surface area contributed by atoms with Crippen LogP contribution < -0.4 is 4.90 Å². The van der Waals surface area contributed by atoms with Crippen molar-refractivity contribution < 1.29 is 9.53 Å². The van der Waals surface area contributed by atoms with Crippen LogP contribution in [0, 0.1) is 6.92 Å². The zero-order chi connectivity index (χ0) is 18.9. The summed E-state index contributed by atoms with van der Waals surface area (Å²) in [5, 5.41) is 5.43. The summed E-state index contributed by atoms with van der Waals surface area (Å²) in [4.78, 5) is 16.1. The summed E-state index contributed by atoms with van der Waals surface area (Å²) in [6.45, 7) is 10.4. The zero-order valence-corrected chi connectivity index (χ0v) is 16.5. The molecule has 0 aliphatic carbocycles. The second-order valence-electron chi connectivity index (χ2n) is 7.49. The molecule has 1 aromatic heterocycles. The lowest BCUT2D eigenvalue weighted by Crippen LogP contribution is -2.50. The van der Waals surface area contributed by atoms with Crippen LogP contribution in [-0.4, -0.2) is 52.6 Å². The Morgan fingerprint density at radius 2 is 1.73 bits per heavy atom. The van der Waals surface area contributed by atoms with Gasteiger partial charge < -0.3 is 14.5 Å². The number of aryl methyl sites for hydroxylation is 1. The topological polar surface area (TPSA) is 50.6 Å². The highest BCUT2D eigenvalue weighted by Crippen LogP contribution is 2.21. The smallest absolute Gasteiger partial charge is 0.410 e. The maximum atomic E-state index is 12.2. The standard InChI is InChI=1S/C19H25ClN4O2/c1-14-13-17(21-24(14)16-7-5-15(20)6-8-16)22-9-11-23(12-10-22)18(25)26-19(2,3)4/h5-8,13H,9-12H2,1-4H3. The molecule has 1 aliphatic heterocycles. The van der Waals surface area contributed by atoms with Crippen molar-refractivity contribution in [2.75, 3.05) is 31.1 Å². The van der Waals surface area contributed by atoms with E-state index in [1.54, 1.807) is 4.90 Å². The third-order valence-electron chi connectivity index (χ3n) is 4.20. The number of benzene rings is 1. The fourth-order valence-corrected chi connectivity index (χ4v) is 3.03. The van der Waals surface area contributed by atoms with Gasteiger partial charge in [0, 0.05) is 43.0 Å². The molecule has 1 saturated heterocycles. The first-order chi connectivity index (χ1) is 12.2. The van der Waals surface area contributed by atoms with Crippen LogP contribution in [-0.2, 0) is 4.74 Å². The number of aromatic nitrogens is 2. The minimum atomic E-state index is -0.470. The van der Waals surface area contributed by atoms with E-state index in [0.29, 0.717) is 18.1 Å². The number of halogens is 1. The molecule has 0 N–H and O–H groups in total. The molecule has 0 radical (unpaired) electrons. The van der Waals surface area contributed by atoms with Gasteiger partial charge in [-0.05, 0) is 52.0 Å². The molecule has 0 atom stereocenters. The van der Waals surface area contributed by atoms with E-state index in [4.69, 9.17) is 21.4 Å². The van der Waals surface area contributed by atoms with Crippen LogP contribution in [0.25, 0.3) is 5.69 Å². The van der Waals surface area contributed by atoms with Crippen molar-refractivity contribution in [3.05, 3.63) is 41.0 Å². The van der Waals surface area contributed by atoms with Crippen molar-refractivity contribution in [1.82, 2.24) is 14.7 Å². The molecule has 1 aliphatic rings. The van der Waals surface area contributed by atoms with Crippen LogP contribution >= 0.6 is 11.6 Å². The van der Waals surface area contributed by atoms with Gasteiger partial charge in [-0.25, -0.2) is 9.48 Å². The Kier molecular flexibility index (Phi) is 5.14. The second-order valence-corrected chi connectivity index (χ2v) is 7.92. The lowest BCUT2D eigenvalue weighted by Gasteiger charge is -2.35. The van der Waals surface area contributed by atoms with Gasteiger partial charge in [-0.1, -0.05) is 11.6 Å². The molecule has 7 heteroatoms. The normalized spacial score (nSPS) is 15.3. The molecular weight excluding hydrogens is 352 g/mol. The Morgan fingerprint density at radius 3 is 2.31 bits per heavy atom. The van der Waals surface area contributed by atoms with Crippen LogP contribution in [0.2, 0.25) is 5.02 Å². The molecule has 2 heterocycles. The molecule has 1 fully saturated rings. The average Bonchev–Trinajstić information content (AvgIpc) is 2.96. The van der Waals surface area contributed by atoms with E-state index >= 15 is 0 Å². The van der Waals surface area contributed by atoms with Gasteiger partial charge in [0.1, 0.15) is 5.60 Å². The number of anilines is 1. The second kappa shape index (κ2) is 7.19. The summed E-state index contributed by atoms with van der Waals surface area (Å²) in [6, 6.07) is 9.69. The monoisotopic (exact) mass is 376 g/mol. The van der Waals surface area contributed by atoms with Gasteiger partial charge in [-0.3, -0.25) is 0 Å². The quantitative estimate of drug-likeness (QED) is 0.797. The van der Waals surface area contributed by atoms with E-state index < -0.39 is 5.60 Å². The first-order valence-electron chi connectivity index (χ1n) is 8.78. The van der Waals surface area contributed by atoms with Crippen molar-refractivity contribution >= 4 is 23.5 Å². The molecule has 0 spiro atoms. The molecule has 26 heavy (non-hydrogen) atoms. The fraction of sp³-hybridized carbons (Fsp3) is 0.474. The van der Waals surface area contributed by atoms with Crippen molar-refractivity contribution in [2.45, 2.75) is 33.3 Å². The Labute approximate surface area is 159 Å². The lowest BCUT2D eigenvalue weighted by molar-refractivity contribution is 0.0240. The van der Waals surface area contributed by atoms with Gasteiger partial charge in [-0.2, -0.15) is 5.10 Å². The Hall–Kier alpha value is -2.21. The number of hydrogen-bond acceptors (Lipinski definition) is 4. The van der Waals surface area contributed by atoms with E-state index in [2.05, 4.69) is 11.0 Å². The molecule has 0 saturated carbocycles. The highest BCUT2D eigenvalue weighted by Gasteiger charge is 2.26. The number of rotatable bonds is 2. The predicted octanol–water partition coefficient (Wildman–Crippen LogP) is 3.89. The molecular formula is C19H25ClN4O2. The molecule has 2 aromatic rings. The molecule has 0 bridgehead atoms. The Balaban J connectivity index is 1.66. The highest BCUT2D eigenvalue weighted by atomic mass is 35.5. The van der Waals surface area contributed by atoms with Gasteiger partial charge in [0.2, 0.25) is 0 Å². The van der Waals surface area contributed by atoms with Crippen LogP contribution in [0.15, 0.2) is 30.3 Å². The van der Waals surface area contributed by atoms with E-state index in [0.717, 1.165) is 30.3 Å². The van der Waals surface area contributed by atoms with Crippen molar-refractivity contribution in [2.24, 2.45) is 0 Å². The first-order valence-corrected chi connectivity index (χ1v) is 9.16. The van der Waals surface area contributed by atoms with Gasteiger partial charge in [0.15, 0.2) is 5.82 Å². The maximum absolute atomic E-state index is 12.2. The number of carbonyl (C=O) groups is 1. The van der Waals surface area contributed by atoms with Crippen LogP contribution in [0.1, 0.15) is 26.5 Å². The Bertz CT molecular complexity index is 772. The molecule has 1 amide bonds. The fourth-order valence-electron chi connectivity index (χ4n) is 2.90. The minimum absolute atomic E-state index is 0.250. The maximum Gasteiger partial charge on any atom is 0.410 e. The molecule has 6 nitrogen and oxygen atoms in total.